The van der Waals surface area contributed by atoms with Crippen molar-refractivity contribution in [1.29, 1.82) is 0 Å². The minimum Gasteiger partial charge on any atom is -0.444 e. The van der Waals surface area contributed by atoms with Gasteiger partial charge in [0, 0.05) is 13.0 Å². The molecule has 0 fully saturated rings. The van der Waals surface area contributed by atoms with Crippen LogP contribution in [-0.2, 0) is 16.1 Å². The number of carbonyl (C=O) groups is 2. The summed E-state index contributed by atoms with van der Waals surface area (Å²) in [4.78, 5) is 25.8. The Morgan fingerprint density at radius 2 is 1.77 bits per heavy atom. The van der Waals surface area contributed by atoms with Gasteiger partial charge in [0.2, 0.25) is 0 Å². The molecule has 0 aromatic heterocycles. The van der Waals surface area contributed by atoms with Crippen LogP contribution in [0.1, 0.15) is 39.7 Å². The largest absolute Gasteiger partial charge is 0.444 e. The lowest BCUT2D eigenvalue weighted by atomic mass is 10.1. The van der Waals surface area contributed by atoms with Crippen molar-refractivity contribution in [3.63, 3.8) is 0 Å². The van der Waals surface area contributed by atoms with Gasteiger partial charge in [0.15, 0.2) is 5.78 Å². The molecule has 0 aliphatic heterocycles. The fourth-order valence-corrected chi connectivity index (χ4v) is 1.92. The fraction of sp³-hybridized carbons (Fsp3) is 0.444. The van der Waals surface area contributed by atoms with E-state index in [0.717, 1.165) is 11.1 Å². The van der Waals surface area contributed by atoms with Gasteiger partial charge in [-0.1, -0.05) is 42.5 Å². The average molecular weight is 303 g/mol. The number of rotatable bonds is 6. The maximum absolute atomic E-state index is 12.3. The van der Waals surface area contributed by atoms with Crippen LogP contribution in [0.15, 0.2) is 42.5 Å². The van der Waals surface area contributed by atoms with Gasteiger partial charge in [-0.05, 0) is 33.3 Å². The summed E-state index contributed by atoms with van der Waals surface area (Å²) in [5.74, 6) is -0.0470. The Balaban J connectivity index is 2.82. The SMILES string of the molecule is C=C(C)CC(=O)CN(Cc1ccccc1)C(=O)OC(C)(C)C. The van der Waals surface area contributed by atoms with Crippen molar-refractivity contribution in [2.75, 3.05) is 6.54 Å². The maximum atomic E-state index is 12.3. The third-order valence-corrected chi connectivity index (χ3v) is 2.73. The molecule has 0 aliphatic rings. The molecule has 0 bridgehead atoms. The highest BCUT2D eigenvalue weighted by Gasteiger charge is 2.24. The van der Waals surface area contributed by atoms with E-state index in [1.165, 1.54) is 4.90 Å². The highest BCUT2D eigenvalue weighted by molar-refractivity contribution is 5.85. The second kappa shape index (κ2) is 7.78. The third kappa shape index (κ3) is 7.07. The van der Waals surface area contributed by atoms with Gasteiger partial charge < -0.3 is 4.74 Å². The number of ketones is 1. The predicted molar refractivity (Wildman–Crippen MR) is 87.5 cm³/mol. The van der Waals surface area contributed by atoms with E-state index in [4.69, 9.17) is 4.74 Å². The Kier molecular flexibility index (Phi) is 6.35. The molecule has 1 rings (SSSR count). The molecule has 0 spiro atoms. The molecule has 4 nitrogen and oxygen atoms in total. The van der Waals surface area contributed by atoms with Crippen molar-refractivity contribution < 1.29 is 14.3 Å². The highest BCUT2D eigenvalue weighted by atomic mass is 16.6. The molecule has 0 radical (unpaired) electrons. The van der Waals surface area contributed by atoms with Crippen LogP contribution in [-0.4, -0.2) is 28.9 Å². The molecular weight excluding hydrogens is 278 g/mol. The minimum absolute atomic E-state index is 0.0245. The first-order valence-corrected chi connectivity index (χ1v) is 7.35. The van der Waals surface area contributed by atoms with Crippen LogP contribution in [0.25, 0.3) is 0 Å². The zero-order valence-electron chi connectivity index (χ0n) is 13.9. The number of allylic oxidation sites excluding steroid dienone is 1. The summed E-state index contributed by atoms with van der Waals surface area (Å²) < 4.78 is 5.39. The molecule has 1 aromatic rings. The number of ether oxygens (including phenoxy) is 1. The van der Waals surface area contributed by atoms with Crippen LogP contribution in [0.3, 0.4) is 0 Å². The molecule has 4 heteroatoms. The molecule has 1 amide bonds. The van der Waals surface area contributed by atoms with Crippen molar-refractivity contribution in [1.82, 2.24) is 4.90 Å². The van der Waals surface area contributed by atoms with Crippen LogP contribution in [0.5, 0.6) is 0 Å². The number of benzene rings is 1. The van der Waals surface area contributed by atoms with Crippen molar-refractivity contribution in [3.8, 4) is 0 Å². The Hall–Kier alpha value is -2.10. The Morgan fingerprint density at radius 3 is 2.27 bits per heavy atom. The summed E-state index contributed by atoms with van der Waals surface area (Å²) in [6.45, 7) is 11.3. The second-order valence-electron chi connectivity index (χ2n) is 6.49. The standard InChI is InChI=1S/C18H25NO3/c1-14(2)11-16(20)13-19(17(21)22-18(3,4)5)12-15-9-7-6-8-10-15/h6-10H,1,11-13H2,2-5H3. The van der Waals surface area contributed by atoms with E-state index in [0.29, 0.717) is 6.54 Å². The normalized spacial score (nSPS) is 10.9. The summed E-state index contributed by atoms with van der Waals surface area (Å²) in [6, 6.07) is 9.55. The van der Waals surface area contributed by atoms with Crippen molar-refractivity contribution in [2.24, 2.45) is 0 Å². The first-order valence-electron chi connectivity index (χ1n) is 7.35. The fourth-order valence-electron chi connectivity index (χ4n) is 1.92. The Bertz CT molecular complexity index is 529. The molecule has 0 saturated heterocycles. The predicted octanol–water partition coefficient (Wildman–Crippen LogP) is 3.96. The first kappa shape index (κ1) is 18.0. The van der Waals surface area contributed by atoms with Crippen LogP contribution < -0.4 is 0 Å². The number of carbonyl (C=O) groups excluding carboxylic acids is 2. The van der Waals surface area contributed by atoms with Gasteiger partial charge in [-0.25, -0.2) is 4.79 Å². The van der Waals surface area contributed by atoms with Gasteiger partial charge in [0.1, 0.15) is 5.60 Å². The van der Waals surface area contributed by atoms with Crippen LogP contribution in [0.2, 0.25) is 0 Å². The third-order valence-electron chi connectivity index (χ3n) is 2.73. The quantitative estimate of drug-likeness (QED) is 0.747. The van der Waals surface area contributed by atoms with Gasteiger partial charge in [-0.15, -0.1) is 0 Å². The van der Waals surface area contributed by atoms with Crippen molar-refractivity contribution in [3.05, 3.63) is 48.0 Å². The van der Waals surface area contributed by atoms with Crippen LogP contribution in [0.4, 0.5) is 4.79 Å². The molecule has 1 aromatic carbocycles. The van der Waals surface area contributed by atoms with Gasteiger partial charge in [0.25, 0.3) is 0 Å². The molecule has 0 saturated carbocycles. The molecule has 0 unspecified atom stereocenters. The number of nitrogens with zero attached hydrogens (tertiary/aromatic N) is 1. The molecule has 22 heavy (non-hydrogen) atoms. The molecule has 0 heterocycles. The number of amides is 1. The van der Waals surface area contributed by atoms with Gasteiger partial charge in [0.05, 0.1) is 6.54 Å². The lowest BCUT2D eigenvalue weighted by molar-refractivity contribution is -0.119. The summed E-state index contributed by atoms with van der Waals surface area (Å²) in [5, 5.41) is 0. The smallest absolute Gasteiger partial charge is 0.410 e. The zero-order chi connectivity index (χ0) is 16.8. The van der Waals surface area contributed by atoms with Gasteiger partial charge in [-0.2, -0.15) is 0 Å². The van der Waals surface area contributed by atoms with Crippen molar-refractivity contribution in [2.45, 2.75) is 46.3 Å². The highest BCUT2D eigenvalue weighted by Crippen LogP contribution is 2.13. The van der Waals surface area contributed by atoms with E-state index in [1.54, 1.807) is 27.7 Å². The summed E-state index contributed by atoms with van der Waals surface area (Å²) in [6.07, 6.45) is -0.208. The Labute approximate surface area is 132 Å². The topological polar surface area (TPSA) is 46.6 Å². The van der Waals surface area contributed by atoms with E-state index in [1.807, 2.05) is 30.3 Å². The van der Waals surface area contributed by atoms with Crippen LogP contribution >= 0.6 is 0 Å². The van der Waals surface area contributed by atoms with E-state index < -0.39 is 11.7 Å². The molecule has 120 valence electrons. The lowest BCUT2D eigenvalue weighted by Gasteiger charge is -2.27. The van der Waals surface area contributed by atoms with E-state index in [2.05, 4.69) is 6.58 Å². The number of Topliss-reactive ketones (excluding diaryl/α,β-unsaturated/α-hetero) is 1. The van der Waals surface area contributed by atoms with Crippen LogP contribution in [0, 0.1) is 0 Å². The minimum atomic E-state index is -0.594. The lowest BCUT2D eigenvalue weighted by Crippen LogP contribution is -2.39. The number of hydrogen-bond donors (Lipinski definition) is 0. The number of hydrogen-bond acceptors (Lipinski definition) is 3. The molecule has 0 atom stereocenters. The summed E-state index contributed by atoms with van der Waals surface area (Å²) in [5.41, 5.74) is 1.15. The summed E-state index contributed by atoms with van der Waals surface area (Å²) >= 11 is 0. The van der Waals surface area contributed by atoms with E-state index >= 15 is 0 Å². The van der Waals surface area contributed by atoms with Gasteiger partial charge in [-0.3, -0.25) is 9.69 Å². The van der Waals surface area contributed by atoms with Gasteiger partial charge >= 0.3 is 6.09 Å². The Morgan fingerprint density at radius 1 is 1.18 bits per heavy atom. The van der Waals surface area contributed by atoms with E-state index in [-0.39, 0.29) is 18.7 Å². The monoisotopic (exact) mass is 303 g/mol. The zero-order valence-corrected chi connectivity index (χ0v) is 13.9. The second-order valence-corrected chi connectivity index (χ2v) is 6.49. The first-order chi connectivity index (χ1) is 10.2. The molecular formula is C18H25NO3. The molecule has 0 N–H and O–H groups in total. The average Bonchev–Trinajstić information content (AvgIpc) is 2.36. The van der Waals surface area contributed by atoms with Crippen molar-refractivity contribution >= 4 is 11.9 Å². The maximum Gasteiger partial charge on any atom is 0.410 e. The molecule has 0 aliphatic carbocycles. The summed E-state index contributed by atoms with van der Waals surface area (Å²) in [7, 11) is 0. The van der Waals surface area contributed by atoms with E-state index in [9.17, 15) is 9.59 Å².